The lowest BCUT2D eigenvalue weighted by Crippen LogP contribution is -2.30. The Bertz CT molecular complexity index is 1050. The average Bonchev–Trinajstić information content (AvgIpc) is 3.21. The van der Waals surface area contributed by atoms with Crippen molar-refractivity contribution in [1.29, 1.82) is 0 Å². The molecule has 1 atom stereocenters. The van der Waals surface area contributed by atoms with Crippen LogP contribution in [0.1, 0.15) is 226 Å². The van der Waals surface area contributed by atoms with E-state index in [9.17, 15) is 14.4 Å². The van der Waals surface area contributed by atoms with Crippen LogP contribution < -0.4 is 0 Å². The average molecular weight is 797 g/mol. The summed E-state index contributed by atoms with van der Waals surface area (Å²) in [5, 5.41) is 0. The van der Waals surface area contributed by atoms with Crippen LogP contribution in [0.2, 0.25) is 0 Å². The predicted molar refractivity (Wildman–Crippen MR) is 242 cm³/mol. The zero-order chi connectivity index (χ0) is 41.5. The molecule has 0 aromatic heterocycles. The standard InChI is InChI=1S/C51H88O6/c1-4-7-10-13-16-19-22-23-24-25-26-27-30-32-35-38-41-44-50(53)56-47-48(57-51(54)45-42-39-36-33-29-21-18-15-12-9-6-3)46-55-49(52)43-40-37-34-31-28-20-17-14-11-8-5-2/h7,10,16,19,23-24,26-27,32,35,48H,4-6,8-9,11-15,17-18,20-22,25,28-31,33-34,36-47H2,1-3H3. The van der Waals surface area contributed by atoms with E-state index in [2.05, 4.69) is 81.5 Å². The van der Waals surface area contributed by atoms with Crippen molar-refractivity contribution in [2.24, 2.45) is 0 Å². The van der Waals surface area contributed by atoms with Crippen LogP contribution in [0.25, 0.3) is 0 Å². The lowest BCUT2D eigenvalue weighted by molar-refractivity contribution is -0.167. The molecule has 6 heteroatoms. The van der Waals surface area contributed by atoms with E-state index in [1.165, 1.54) is 103 Å². The molecule has 0 spiro atoms. The predicted octanol–water partition coefficient (Wildman–Crippen LogP) is 15.3. The Labute approximate surface area is 351 Å². The molecule has 1 unspecified atom stereocenters. The van der Waals surface area contributed by atoms with E-state index in [1.54, 1.807) is 0 Å². The molecule has 0 bridgehead atoms. The van der Waals surface area contributed by atoms with Crippen LogP contribution in [0.3, 0.4) is 0 Å². The molecule has 0 aliphatic carbocycles. The van der Waals surface area contributed by atoms with E-state index in [-0.39, 0.29) is 37.5 Å². The topological polar surface area (TPSA) is 78.9 Å². The van der Waals surface area contributed by atoms with Crippen molar-refractivity contribution in [2.45, 2.75) is 232 Å². The molecule has 0 fully saturated rings. The number of hydrogen-bond acceptors (Lipinski definition) is 6. The molecule has 0 aliphatic rings. The second-order valence-electron chi connectivity index (χ2n) is 15.6. The molecule has 0 saturated carbocycles. The van der Waals surface area contributed by atoms with Crippen LogP contribution in [0.4, 0.5) is 0 Å². The number of esters is 3. The lowest BCUT2D eigenvalue weighted by atomic mass is 10.1. The van der Waals surface area contributed by atoms with Gasteiger partial charge in [-0.3, -0.25) is 14.4 Å². The Kier molecular flexibility index (Phi) is 43.5. The molecule has 6 nitrogen and oxygen atoms in total. The van der Waals surface area contributed by atoms with Crippen LogP contribution in [0.15, 0.2) is 60.8 Å². The maximum absolute atomic E-state index is 12.7. The van der Waals surface area contributed by atoms with E-state index in [1.807, 2.05) is 0 Å². The van der Waals surface area contributed by atoms with Crippen molar-refractivity contribution in [3.05, 3.63) is 60.8 Å². The van der Waals surface area contributed by atoms with Crippen LogP contribution >= 0.6 is 0 Å². The smallest absolute Gasteiger partial charge is 0.306 e. The minimum atomic E-state index is -0.790. The van der Waals surface area contributed by atoms with E-state index in [0.29, 0.717) is 19.3 Å². The number of unbranched alkanes of at least 4 members (excludes halogenated alkanes) is 21. The maximum atomic E-state index is 12.7. The molecule has 0 heterocycles. The Hall–Kier alpha value is -2.89. The molecule has 0 radical (unpaired) electrons. The zero-order valence-corrected chi connectivity index (χ0v) is 37.3. The molecule has 0 N–H and O–H groups in total. The fourth-order valence-electron chi connectivity index (χ4n) is 6.48. The van der Waals surface area contributed by atoms with Gasteiger partial charge in [0.1, 0.15) is 13.2 Å². The first-order chi connectivity index (χ1) is 28.0. The van der Waals surface area contributed by atoms with Gasteiger partial charge in [0.2, 0.25) is 0 Å². The molecule has 0 rings (SSSR count). The number of ether oxygens (including phenoxy) is 3. The molecule has 0 aromatic carbocycles. The molecule has 0 aromatic rings. The Morgan fingerprint density at radius 1 is 0.368 bits per heavy atom. The fraction of sp³-hybridized carbons (Fsp3) is 0.745. The summed E-state index contributed by atoms with van der Waals surface area (Å²) < 4.78 is 16.7. The van der Waals surface area contributed by atoms with Gasteiger partial charge in [-0.2, -0.15) is 0 Å². The van der Waals surface area contributed by atoms with Gasteiger partial charge >= 0.3 is 17.9 Å². The quantitative estimate of drug-likeness (QED) is 0.0265. The molecule has 0 aliphatic heterocycles. The minimum absolute atomic E-state index is 0.0891. The summed E-state index contributed by atoms with van der Waals surface area (Å²) in [4.78, 5) is 37.7. The van der Waals surface area contributed by atoms with Gasteiger partial charge in [-0.05, 0) is 57.8 Å². The highest BCUT2D eigenvalue weighted by molar-refractivity contribution is 5.71. The highest BCUT2D eigenvalue weighted by Gasteiger charge is 2.19. The third kappa shape index (κ3) is 44.1. The fourth-order valence-corrected chi connectivity index (χ4v) is 6.48. The monoisotopic (exact) mass is 797 g/mol. The van der Waals surface area contributed by atoms with Crippen LogP contribution in [-0.4, -0.2) is 37.2 Å². The second kappa shape index (κ2) is 45.8. The normalized spacial score (nSPS) is 12.5. The summed E-state index contributed by atoms with van der Waals surface area (Å²) in [7, 11) is 0. The lowest BCUT2D eigenvalue weighted by Gasteiger charge is -2.18. The number of carbonyl (C=O) groups is 3. The molecule has 328 valence electrons. The number of allylic oxidation sites excluding steroid dienone is 10. The van der Waals surface area contributed by atoms with Crippen molar-refractivity contribution in [3.8, 4) is 0 Å². The van der Waals surface area contributed by atoms with Crippen LogP contribution in [-0.2, 0) is 28.6 Å². The van der Waals surface area contributed by atoms with Crippen molar-refractivity contribution >= 4 is 17.9 Å². The largest absolute Gasteiger partial charge is 0.462 e. The van der Waals surface area contributed by atoms with Crippen molar-refractivity contribution in [2.75, 3.05) is 13.2 Å². The van der Waals surface area contributed by atoms with Crippen LogP contribution in [0, 0.1) is 0 Å². The third-order valence-electron chi connectivity index (χ3n) is 10.0. The van der Waals surface area contributed by atoms with E-state index >= 15 is 0 Å². The van der Waals surface area contributed by atoms with E-state index in [0.717, 1.165) is 77.0 Å². The van der Waals surface area contributed by atoms with Gasteiger partial charge in [-0.1, -0.05) is 210 Å². The van der Waals surface area contributed by atoms with Gasteiger partial charge in [0.15, 0.2) is 6.10 Å². The van der Waals surface area contributed by atoms with E-state index in [4.69, 9.17) is 14.2 Å². The van der Waals surface area contributed by atoms with Gasteiger partial charge < -0.3 is 14.2 Å². The highest BCUT2D eigenvalue weighted by atomic mass is 16.6. The maximum Gasteiger partial charge on any atom is 0.306 e. The molecule has 57 heavy (non-hydrogen) atoms. The van der Waals surface area contributed by atoms with Gasteiger partial charge in [-0.15, -0.1) is 0 Å². The highest BCUT2D eigenvalue weighted by Crippen LogP contribution is 2.14. The summed E-state index contributed by atoms with van der Waals surface area (Å²) in [5.74, 6) is -0.950. The Morgan fingerprint density at radius 3 is 1.07 bits per heavy atom. The first-order valence-electron chi connectivity index (χ1n) is 23.8. The number of rotatable bonds is 42. The SMILES string of the molecule is CCC=CCC=CCC=CCC=CCC=CCCCC(=O)OCC(COC(=O)CCCCCCCCCCCCC)OC(=O)CCCCCCCCCCCCC. The molecule has 0 amide bonds. The summed E-state index contributed by atoms with van der Waals surface area (Å²) in [6, 6.07) is 0. The molecule has 0 saturated heterocycles. The Morgan fingerprint density at radius 2 is 0.684 bits per heavy atom. The number of carbonyl (C=O) groups excluding carboxylic acids is 3. The molecular weight excluding hydrogens is 709 g/mol. The summed E-state index contributed by atoms with van der Waals surface area (Å²) >= 11 is 0. The summed E-state index contributed by atoms with van der Waals surface area (Å²) in [6.07, 6.45) is 54.9. The van der Waals surface area contributed by atoms with E-state index < -0.39 is 6.10 Å². The van der Waals surface area contributed by atoms with Gasteiger partial charge in [0.25, 0.3) is 0 Å². The summed E-state index contributed by atoms with van der Waals surface area (Å²) in [5.41, 5.74) is 0. The minimum Gasteiger partial charge on any atom is -0.462 e. The Balaban J connectivity index is 4.44. The first-order valence-corrected chi connectivity index (χ1v) is 23.8. The summed E-state index contributed by atoms with van der Waals surface area (Å²) in [6.45, 7) is 6.45. The first kappa shape index (κ1) is 54.1. The van der Waals surface area contributed by atoms with Crippen LogP contribution in [0.5, 0.6) is 0 Å². The van der Waals surface area contributed by atoms with Crippen molar-refractivity contribution in [3.63, 3.8) is 0 Å². The number of hydrogen-bond donors (Lipinski definition) is 0. The van der Waals surface area contributed by atoms with Gasteiger partial charge in [0.05, 0.1) is 0 Å². The van der Waals surface area contributed by atoms with Crippen molar-refractivity contribution < 1.29 is 28.6 Å². The van der Waals surface area contributed by atoms with Gasteiger partial charge in [-0.25, -0.2) is 0 Å². The molecular formula is C51H88O6. The van der Waals surface area contributed by atoms with Crippen molar-refractivity contribution in [1.82, 2.24) is 0 Å². The zero-order valence-electron chi connectivity index (χ0n) is 37.3. The second-order valence-corrected chi connectivity index (χ2v) is 15.6. The van der Waals surface area contributed by atoms with Gasteiger partial charge in [0, 0.05) is 19.3 Å². The third-order valence-corrected chi connectivity index (χ3v) is 10.0.